The molecule has 0 rings (SSSR count). The van der Waals surface area contributed by atoms with Crippen LogP contribution < -0.4 is 5.90 Å². The number of hydrogen-bond acceptors (Lipinski definition) is 2. The monoisotopic (exact) mass is 143 g/mol. The van der Waals surface area contributed by atoms with Crippen LogP contribution in [0.4, 0.5) is 13.2 Å². The van der Waals surface area contributed by atoms with Gasteiger partial charge in [-0.25, -0.2) is 5.90 Å². The zero-order chi connectivity index (χ0) is 7.49. The van der Waals surface area contributed by atoms with E-state index in [2.05, 4.69) is 10.7 Å². The molecule has 2 nitrogen and oxygen atoms in total. The van der Waals surface area contributed by atoms with Crippen LogP contribution in [0, 0.1) is 5.92 Å². The Hall–Kier alpha value is -0.290. The van der Waals surface area contributed by atoms with Crippen LogP contribution in [0.3, 0.4) is 0 Å². The number of alkyl halides is 3. The SMILES string of the molecule is CC(CON)C(F)(F)F. The van der Waals surface area contributed by atoms with Gasteiger partial charge in [0.25, 0.3) is 0 Å². The summed E-state index contributed by atoms with van der Waals surface area (Å²) in [7, 11) is 0. The minimum absolute atomic E-state index is 0.483. The lowest BCUT2D eigenvalue weighted by Gasteiger charge is -2.12. The van der Waals surface area contributed by atoms with Crippen molar-refractivity contribution >= 4 is 0 Å². The smallest absolute Gasteiger partial charge is 0.304 e. The summed E-state index contributed by atoms with van der Waals surface area (Å²) in [6, 6.07) is 0. The van der Waals surface area contributed by atoms with Crippen molar-refractivity contribution in [3.63, 3.8) is 0 Å². The van der Waals surface area contributed by atoms with Gasteiger partial charge in [-0.1, -0.05) is 6.92 Å². The topological polar surface area (TPSA) is 35.2 Å². The molecule has 0 aromatic heterocycles. The molecular weight excluding hydrogens is 135 g/mol. The van der Waals surface area contributed by atoms with E-state index in [0.717, 1.165) is 6.92 Å². The van der Waals surface area contributed by atoms with E-state index in [1.54, 1.807) is 0 Å². The highest BCUT2D eigenvalue weighted by Gasteiger charge is 2.35. The molecule has 0 saturated heterocycles. The van der Waals surface area contributed by atoms with Gasteiger partial charge in [0.05, 0.1) is 12.5 Å². The second-order valence-corrected chi connectivity index (χ2v) is 1.78. The van der Waals surface area contributed by atoms with Crippen LogP contribution in [0.5, 0.6) is 0 Å². The first-order valence-electron chi connectivity index (χ1n) is 2.37. The van der Waals surface area contributed by atoms with Crippen LogP contribution in [0.25, 0.3) is 0 Å². The summed E-state index contributed by atoms with van der Waals surface area (Å²) in [5.74, 6) is 2.94. The fourth-order valence-electron chi connectivity index (χ4n) is 0.239. The number of nitrogens with two attached hydrogens (primary N) is 1. The van der Waals surface area contributed by atoms with Gasteiger partial charge in [0, 0.05) is 0 Å². The second-order valence-electron chi connectivity index (χ2n) is 1.78. The molecular formula is C4H8F3NO. The molecule has 9 heavy (non-hydrogen) atoms. The van der Waals surface area contributed by atoms with Gasteiger partial charge in [0.1, 0.15) is 0 Å². The zero-order valence-electron chi connectivity index (χ0n) is 4.90. The highest BCUT2D eigenvalue weighted by molar-refractivity contribution is 4.59. The Morgan fingerprint density at radius 1 is 1.56 bits per heavy atom. The molecule has 0 aliphatic heterocycles. The van der Waals surface area contributed by atoms with Gasteiger partial charge in [0.2, 0.25) is 0 Å². The van der Waals surface area contributed by atoms with E-state index < -0.39 is 18.7 Å². The third-order valence-corrected chi connectivity index (χ3v) is 0.905. The van der Waals surface area contributed by atoms with E-state index in [1.165, 1.54) is 0 Å². The Bertz CT molecular complexity index is 82.4. The lowest BCUT2D eigenvalue weighted by Crippen LogP contribution is -2.25. The van der Waals surface area contributed by atoms with E-state index in [0.29, 0.717) is 0 Å². The molecule has 56 valence electrons. The van der Waals surface area contributed by atoms with Crippen molar-refractivity contribution in [2.24, 2.45) is 11.8 Å². The molecule has 1 atom stereocenters. The Labute approximate surface area is 50.7 Å². The molecule has 0 heterocycles. The molecule has 5 heteroatoms. The summed E-state index contributed by atoms with van der Waals surface area (Å²) in [6.07, 6.45) is -4.20. The number of rotatable bonds is 2. The highest BCUT2D eigenvalue weighted by atomic mass is 19.4. The summed E-state index contributed by atoms with van der Waals surface area (Å²) in [6.45, 7) is 0.524. The molecule has 0 amide bonds. The minimum Gasteiger partial charge on any atom is -0.304 e. The van der Waals surface area contributed by atoms with E-state index in [9.17, 15) is 13.2 Å². The molecule has 0 aliphatic carbocycles. The van der Waals surface area contributed by atoms with Gasteiger partial charge < -0.3 is 4.84 Å². The van der Waals surface area contributed by atoms with Gasteiger partial charge in [-0.05, 0) is 0 Å². The van der Waals surface area contributed by atoms with Gasteiger partial charge in [-0.2, -0.15) is 13.2 Å². The lowest BCUT2D eigenvalue weighted by atomic mass is 10.2. The molecule has 0 spiro atoms. The van der Waals surface area contributed by atoms with Crippen molar-refractivity contribution in [3.8, 4) is 0 Å². The summed E-state index contributed by atoms with van der Waals surface area (Å²) >= 11 is 0. The Balaban J connectivity index is 3.59. The van der Waals surface area contributed by atoms with Crippen molar-refractivity contribution in [3.05, 3.63) is 0 Å². The van der Waals surface area contributed by atoms with Crippen LogP contribution in [0.15, 0.2) is 0 Å². The first-order valence-corrected chi connectivity index (χ1v) is 2.37. The van der Waals surface area contributed by atoms with Crippen LogP contribution in [-0.2, 0) is 4.84 Å². The third-order valence-electron chi connectivity index (χ3n) is 0.905. The largest absolute Gasteiger partial charge is 0.393 e. The highest BCUT2D eigenvalue weighted by Crippen LogP contribution is 2.25. The van der Waals surface area contributed by atoms with Gasteiger partial charge >= 0.3 is 6.18 Å². The molecule has 0 aromatic carbocycles. The number of halogens is 3. The minimum atomic E-state index is -4.20. The summed E-state index contributed by atoms with van der Waals surface area (Å²) in [5.41, 5.74) is 0. The molecule has 0 aliphatic rings. The maximum Gasteiger partial charge on any atom is 0.393 e. The van der Waals surface area contributed by atoms with Gasteiger partial charge in [-0.3, -0.25) is 0 Å². The number of hydrogen-bond donors (Lipinski definition) is 1. The first-order chi connectivity index (χ1) is 3.98. The standard InChI is InChI=1S/C4H8F3NO/c1-3(2-9-8)4(5,6)7/h3H,2,8H2,1H3. The fraction of sp³-hybridized carbons (Fsp3) is 1.00. The zero-order valence-corrected chi connectivity index (χ0v) is 4.90. The predicted molar refractivity (Wildman–Crippen MR) is 25.4 cm³/mol. The molecule has 0 aromatic rings. The van der Waals surface area contributed by atoms with Crippen molar-refractivity contribution < 1.29 is 18.0 Å². The summed E-state index contributed by atoms with van der Waals surface area (Å²) in [5, 5.41) is 0. The van der Waals surface area contributed by atoms with Crippen LogP contribution >= 0.6 is 0 Å². The summed E-state index contributed by atoms with van der Waals surface area (Å²) < 4.78 is 34.5. The average Bonchev–Trinajstić information content (AvgIpc) is 1.64. The Morgan fingerprint density at radius 3 is 2.11 bits per heavy atom. The maximum atomic E-state index is 11.5. The first kappa shape index (κ1) is 8.71. The second kappa shape index (κ2) is 3.03. The Kier molecular flexibility index (Phi) is 2.93. The molecule has 1 unspecified atom stereocenters. The van der Waals surface area contributed by atoms with Crippen molar-refractivity contribution in [1.29, 1.82) is 0 Å². The van der Waals surface area contributed by atoms with E-state index in [1.807, 2.05) is 0 Å². The van der Waals surface area contributed by atoms with Crippen LogP contribution in [-0.4, -0.2) is 12.8 Å². The molecule has 0 fully saturated rings. The predicted octanol–water partition coefficient (Wildman–Crippen LogP) is 1.08. The van der Waals surface area contributed by atoms with Crippen molar-refractivity contribution in [1.82, 2.24) is 0 Å². The van der Waals surface area contributed by atoms with Gasteiger partial charge in [-0.15, -0.1) is 0 Å². The van der Waals surface area contributed by atoms with E-state index in [4.69, 9.17) is 0 Å². The maximum absolute atomic E-state index is 11.5. The van der Waals surface area contributed by atoms with Crippen LogP contribution in [0.2, 0.25) is 0 Å². The van der Waals surface area contributed by atoms with E-state index >= 15 is 0 Å². The fourth-order valence-corrected chi connectivity index (χ4v) is 0.239. The van der Waals surface area contributed by atoms with Gasteiger partial charge in [0.15, 0.2) is 0 Å². The molecule has 0 bridgehead atoms. The van der Waals surface area contributed by atoms with Crippen molar-refractivity contribution in [2.75, 3.05) is 6.61 Å². The van der Waals surface area contributed by atoms with Crippen molar-refractivity contribution in [2.45, 2.75) is 13.1 Å². The Morgan fingerprint density at radius 2 is 2.00 bits per heavy atom. The summed E-state index contributed by atoms with van der Waals surface area (Å²) in [4.78, 5) is 3.81. The lowest BCUT2D eigenvalue weighted by molar-refractivity contribution is -0.183. The quantitative estimate of drug-likeness (QED) is 0.587. The average molecular weight is 143 g/mol. The molecule has 2 N–H and O–H groups in total. The van der Waals surface area contributed by atoms with E-state index in [-0.39, 0.29) is 0 Å². The third kappa shape index (κ3) is 3.31. The molecule has 0 radical (unpaired) electrons. The molecule has 0 saturated carbocycles. The van der Waals surface area contributed by atoms with Crippen LogP contribution in [0.1, 0.15) is 6.92 Å². The normalized spacial score (nSPS) is 15.7.